The van der Waals surface area contributed by atoms with Crippen molar-refractivity contribution in [2.24, 2.45) is 5.92 Å². The van der Waals surface area contributed by atoms with Crippen LogP contribution in [0.5, 0.6) is 11.5 Å². The molecule has 5 rings (SSSR count). The van der Waals surface area contributed by atoms with E-state index in [9.17, 15) is 9.18 Å². The Morgan fingerprint density at radius 3 is 2.73 bits per heavy atom. The summed E-state index contributed by atoms with van der Waals surface area (Å²) in [6.45, 7) is 9.35. The van der Waals surface area contributed by atoms with Crippen LogP contribution in [0.4, 0.5) is 4.39 Å². The Morgan fingerprint density at radius 2 is 2.02 bits per heavy atom. The molecule has 0 radical (unpaired) electrons. The Bertz CT molecular complexity index is 1410. The highest BCUT2D eigenvalue weighted by molar-refractivity contribution is 6.30. The second-order valence-corrected chi connectivity index (χ2v) is 11.5. The van der Waals surface area contributed by atoms with Crippen molar-refractivity contribution in [2.45, 2.75) is 64.8 Å². The van der Waals surface area contributed by atoms with Crippen molar-refractivity contribution in [1.29, 1.82) is 0 Å². The van der Waals surface area contributed by atoms with Crippen LogP contribution in [0.3, 0.4) is 0 Å². The number of ether oxygens (including phenoxy) is 2. The number of hydrogen-bond acceptors (Lipinski definition) is 5. The first-order chi connectivity index (χ1) is 19.1. The molecule has 212 valence electrons. The summed E-state index contributed by atoms with van der Waals surface area (Å²) in [5.41, 5.74) is 2.19. The molecule has 40 heavy (non-hydrogen) atoms. The van der Waals surface area contributed by atoms with Crippen LogP contribution in [0.15, 0.2) is 48.7 Å². The van der Waals surface area contributed by atoms with E-state index in [-0.39, 0.29) is 5.92 Å². The smallest absolute Gasteiger partial charge is 0.328 e. The Morgan fingerprint density at radius 1 is 1.25 bits per heavy atom. The van der Waals surface area contributed by atoms with Crippen LogP contribution in [0.25, 0.3) is 6.08 Å². The molecule has 0 aliphatic carbocycles. The summed E-state index contributed by atoms with van der Waals surface area (Å²) in [6, 6.07) is 10.4. The van der Waals surface area contributed by atoms with Gasteiger partial charge in [0.2, 0.25) is 0 Å². The van der Waals surface area contributed by atoms with Gasteiger partial charge in [-0.2, -0.15) is 0 Å². The number of carboxylic acid groups (broad SMARTS) is 1. The van der Waals surface area contributed by atoms with Crippen LogP contribution in [-0.4, -0.2) is 38.6 Å². The molecule has 1 unspecified atom stereocenters. The number of rotatable bonds is 9. The molecular formula is C31H35ClFN3O4. The predicted molar refractivity (Wildman–Crippen MR) is 152 cm³/mol. The fourth-order valence-corrected chi connectivity index (χ4v) is 5.69. The van der Waals surface area contributed by atoms with Crippen molar-refractivity contribution >= 4 is 23.6 Å². The van der Waals surface area contributed by atoms with Gasteiger partial charge in [0.25, 0.3) is 5.79 Å². The molecule has 1 aromatic heterocycles. The van der Waals surface area contributed by atoms with Crippen molar-refractivity contribution in [3.8, 4) is 11.5 Å². The van der Waals surface area contributed by atoms with Gasteiger partial charge in [-0.05, 0) is 74.5 Å². The standard InChI is InChI=1S/C31H35ClFN3O4/c1-20(2)11-16-36-23(8-10-29(37)38)18-34-28(36)19-35-14-12-21(13-15-35)24-5-4-6-27-30(24)40-31(3,39-27)25-9-7-22(32)17-26(25)33/h4-10,17-18,20-21H,11-16,19H2,1-3H3,(H,37,38)/b10-8+. The summed E-state index contributed by atoms with van der Waals surface area (Å²) in [5.74, 6) is 0.339. The fourth-order valence-electron chi connectivity index (χ4n) is 5.53. The molecule has 0 spiro atoms. The van der Waals surface area contributed by atoms with Gasteiger partial charge in [0.1, 0.15) is 11.6 Å². The van der Waals surface area contributed by atoms with Gasteiger partial charge in [-0.3, -0.25) is 4.90 Å². The van der Waals surface area contributed by atoms with Gasteiger partial charge in [0.15, 0.2) is 11.5 Å². The van der Waals surface area contributed by atoms with Crippen molar-refractivity contribution in [3.05, 3.63) is 82.2 Å². The van der Waals surface area contributed by atoms with Crippen LogP contribution in [-0.2, 0) is 23.7 Å². The minimum atomic E-state index is -1.27. The third-order valence-corrected chi connectivity index (χ3v) is 7.95. The zero-order valence-corrected chi connectivity index (χ0v) is 23.8. The molecule has 1 fully saturated rings. The quantitative estimate of drug-likeness (QED) is 0.285. The second-order valence-electron chi connectivity index (χ2n) is 11.1. The number of nitrogens with zero attached hydrogens (tertiary/aromatic N) is 3. The van der Waals surface area contributed by atoms with Gasteiger partial charge in [-0.15, -0.1) is 0 Å². The lowest BCUT2D eigenvalue weighted by molar-refractivity contribution is -0.131. The summed E-state index contributed by atoms with van der Waals surface area (Å²) in [5, 5.41) is 9.40. The van der Waals surface area contributed by atoms with Gasteiger partial charge in [0.05, 0.1) is 24.0 Å². The average Bonchev–Trinajstić information content (AvgIpc) is 3.46. The molecule has 0 bridgehead atoms. The number of imidazole rings is 1. The minimum absolute atomic E-state index is 0.280. The molecule has 9 heteroatoms. The Kier molecular flexibility index (Phi) is 8.19. The largest absolute Gasteiger partial charge is 0.478 e. The van der Waals surface area contributed by atoms with Crippen LogP contribution >= 0.6 is 11.6 Å². The third kappa shape index (κ3) is 6.03. The van der Waals surface area contributed by atoms with E-state index in [0.717, 1.165) is 62.1 Å². The molecule has 1 N–H and O–H groups in total. The van der Waals surface area contributed by atoms with E-state index >= 15 is 0 Å². The van der Waals surface area contributed by atoms with Gasteiger partial charge < -0.3 is 19.1 Å². The molecule has 3 aromatic rings. The number of aromatic nitrogens is 2. The number of likely N-dealkylation sites (tertiary alicyclic amines) is 1. The van der Waals surface area contributed by atoms with Gasteiger partial charge in [-0.1, -0.05) is 37.6 Å². The number of carbonyl (C=O) groups is 1. The predicted octanol–water partition coefficient (Wildman–Crippen LogP) is 6.84. The number of fused-ring (bicyclic) bond motifs is 1. The molecule has 2 aliphatic rings. The summed E-state index contributed by atoms with van der Waals surface area (Å²) >= 11 is 5.96. The number of carboxylic acids is 1. The Balaban J connectivity index is 1.27. The van der Waals surface area contributed by atoms with Gasteiger partial charge >= 0.3 is 5.97 Å². The van der Waals surface area contributed by atoms with E-state index in [2.05, 4.69) is 34.4 Å². The summed E-state index contributed by atoms with van der Waals surface area (Å²) < 4.78 is 29.4. The lowest BCUT2D eigenvalue weighted by Crippen LogP contribution is -2.34. The Labute approximate surface area is 239 Å². The maximum atomic E-state index is 14.8. The van der Waals surface area contributed by atoms with E-state index < -0.39 is 17.6 Å². The van der Waals surface area contributed by atoms with Crippen molar-refractivity contribution < 1.29 is 23.8 Å². The summed E-state index contributed by atoms with van der Waals surface area (Å²) in [4.78, 5) is 18.1. The lowest BCUT2D eigenvalue weighted by Gasteiger charge is -2.32. The first-order valence-electron chi connectivity index (χ1n) is 13.8. The molecule has 2 aromatic carbocycles. The number of piperidine rings is 1. The molecule has 3 heterocycles. The lowest BCUT2D eigenvalue weighted by atomic mass is 9.88. The zero-order valence-electron chi connectivity index (χ0n) is 23.1. The first kappa shape index (κ1) is 28.2. The van der Waals surface area contributed by atoms with Crippen molar-refractivity contribution in [1.82, 2.24) is 14.5 Å². The monoisotopic (exact) mass is 567 g/mol. The molecule has 7 nitrogen and oxygen atoms in total. The Hall–Kier alpha value is -3.36. The van der Waals surface area contributed by atoms with E-state index in [0.29, 0.717) is 34.5 Å². The molecular weight excluding hydrogens is 533 g/mol. The molecule has 1 saturated heterocycles. The zero-order chi connectivity index (χ0) is 28.4. The maximum absolute atomic E-state index is 14.8. The number of para-hydroxylation sites is 1. The van der Waals surface area contributed by atoms with E-state index in [1.54, 1.807) is 31.3 Å². The van der Waals surface area contributed by atoms with Crippen LogP contribution < -0.4 is 9.47 Å². The molecule has 0 amide bonds. The van der Waals surface area contributed by atoms with Crippen LogP contribution in [0, 0.1) is 11.7 Å². The van der Waals surface area contributed by atoms with E-state index in [4.69, 9.17) is 26.2 Å². The van der Waals surface area contributed by atoms with Crippen molar-refractivity contribution in [3.63, 3.8) is 0 Å². The number of benzene rings is 2. The SMILES string of the molecule is CC(C)CCn1c(/C=C/C(=O)O)cnc1CN1CCC(c2cccc3c2OC(C)(c2ccc(Cl)cc2F)O3)CC1. The summed E-state index contributed by atoms with van der Waals surface area (Å²) in [6.07, 6.45) is 7.39. The van der Waals surface area contributed by atoms with E-state index in [1.807, 2.05) is 12.1 Å². The fraction of sp³-hybridized carbons (Fsp3) is 0.419. The highest BCUT2D eigenvalue weighted by Gasteiger charge is 2.43. The maximum Gasteiger partial charge on any atom is 0.328 e. The normalized spacial score (nSPS) is 19.6. The number of halogens is 2. The minimum Gasteiger partial charge on any atom is -0.478 e. The molecule has 1 atom stereocenters. The average molecular weight is 568 g/mol. The highest BCUT2D eigenvalue weighted by Crippen LogP contribution is 2.49. The van der Waals surface area contributed by atoms with Gasteiger partial charge in [0, 0.05) is 30.1 Å². The highest BCUT2D eigenvalue weighted by atomic mass is 35.5. The first-order valence-corrected chi connectivity index (χ1v) is 14.1. The van der Waals surface area contributed by atoms with Crippen LogP contribution in [0.1, 0.15) is 68.6 Å². The molecule has 2 aliphatic heterocycles. The van der Waals surface area contributed by atoms with Crippen LogP contribution in [0.2, 0.25) is 5.02 Å². The van der Waals surface area contributed by atoms with Crippen molar-refractivity contribution in [2.75, 3.05) is 13.1 Å². The van der Waals surface area contributed by atoms with Gasteiger partial charge in [-0.25, -0.2) is 14.2 Å². The van der Waals surface area contributed by atoms with E-state index in [1.165, 1.54) is 6.07 Å². The second kappa shape index (κ2) is 11.6. The molecule has 0 saturated carbocycles. The summed E-state index contributed by atoms with van der Waals surface area (Å²) in [7, 11) is 0. The number of hydrogen-bond donors (Lipinski definition) is 1. The third-order valence-electron chi connectivity index (χ3n) is 7.72. The number of aliphatic carboxylic acids is 1. The topological polar surface area (TPSA) is 76.8 Å².